The summed E-state index contributed by atoms with van der Waals surface area (Å²) in [7, 11) is 0. The van der Waals surface area contributed by atoms with Gasteiger partial charge in [0.15, 0.2) is 0 Å². The number of anilines is 1. The molecular weight excluding hydrogens is 226 g/mol. The monoisotopic (exact) mass is 245 g/mol. The van der Waals surface area contributed by atoms with Crippen LogP contribution in [0.2, 0.25) is 0 Å². The fraction of sp³-hybridized carbons (Fsp3) is 0.500. The van der Waals surface area contributed by atoms with Crippen LogP contribution < -0.4 is 10.2 Å². The first-order valence-corrected chi connectivity index (χ1v) is 6.68. The summed E-state index contributed by atoms with van der Waals surface area (Å²) in [6.07, 6.45) is 0.961. The van der Waals surface area contributed by atoms with Crippen molar-refractivity contribution in [1.82, 2.24) is 10.2 Å². The molecule has 4 nitrogen and oxygen atoms in total. The largest absolute Gasteiger partial charge is 0.324 e. The fourth-order valence-corrected chi connectivity index (χ4v) is 2.89. The van der Waals surface area contributed by atoms with E-state index in [2.05, 4.69) is 24.4 Å². The minimum absolute atomic E-state index is 0.169. The van der Waals surface area contributed by atoms with Crippen molar-refractivity contribution in [3.05, 3.63) is 29.8 Å². The minimum Gasteiger partial charge on any atom is -0.317 e. The number of piperazine rings is 1. The molecule has 0 spiro atoms. The summed E-state index contributed by atoms with van der Waals surface area (Å²) in [5, 5.41) is 3.36. The van der Waals surface area contributed by atoms with Crippen LogP contribution in [0.1, 0.15) is 12.5 Å². The summed E-state index contributed by atoms with van der Waals surface area (Å²) in [6, 6.07) is 8.72. The van der Waals surface area contributed by atoms with Gasteiger partial charge in [-0.05, 0) is 18.1 Å². The Hall–Kier alpha value is -1.55. The Labute approximate surface area is 108 Å². The van der Waals surface area contributed by atoms with E-state index in [9.17, 15) is 4.79 Å². The molecule has 0 aromatic heterocycles. The van der Waals surface area contributed by atoms with Crippen LogP contribution in [0, 0.1) is 0 Å². The third-order valence-corrected chi connectivity index (χ3v) is 3.88. The van der Waals surface area contributed by atoms with E-state index in [0.717, 1.165) is 38.3 Å². The molecule has 1 atom stereocenters. The van der Waals surface area contributed by atoms with Gasteiger partial charge in [0, 0.05) is 31.9 Å². The molecule has 0 aliphatic carbocycles. The van der Waals surface area contributed by atoms with Crippen molar-refractivity contribution in [3.8, 4) is 0 Å². The van der Waals surface area contributed by atoms with Gasteiger partial charge in [-0.15, -0.1) is 0 Å². The molecule has 2 heterocycles. The van der Waals surface area contributed by atoms with Gasteiger partial charge >= 0.3 is 6.03 Å². The summed E-state index contributed by atoms with van der Waals surface area (Å²) in [4.78, 5) is 16.4. The molecule has 18 heavy (non-hydrogen) atoms. The second-order valence-corrected chi connectivity index (χ2v) is 4.93. The number of aryl methyl sites for hydroxylation is 1. The summed E-state index contributed by atoms with van der Waals surface area (Å²) in [6.45, 7) is 5.59. The maximum Gasteiger partial charge on any atom is 0.324 e. The number of carbonyl (C=O) groups excluding carboxylic acids is 1. The number of hydrogen-bond acceptors (Lipinski definition) is 2. The zero-order chi connectivity index (χ0) is 12.5. The predicted molar refractivity (Wildman–Crippen MR) is 71.9 cm³/mol. The normalized spacial score (nSPS) is 23.4. The quantitative estimate of drug-likeness (QED) is 0.856. The van der Waals surface area contributed by atoms with E-state index in [0.29, 0.717) is 6.04 Å². The molecule has 1 unspecified atom stereocenters. The minimum atomic E-state index is 0.169. The average molecular weight is 245 g/mol. The maximum absolute atomic E-state index is 12.4. The molecule has 0 bridgehead atoms. The van der Waals surface area contributed by atoms with E-state index in [1.54, 1.807) is 0 Å². The highest BCUT2D eigenvalue weighted by molar-refractivity contribution is 5.95. The number of para-hydroxylation sites is 1. The van der Waals surface area contributed by atoms with Gasteiger partial charge in [-0.1, -0.05) is 25.1 Å². The Balaban J connectivity index is 1.91. The van der Waals surface area contributed by atoms with E-state index in [1.807, 2.05) is 21.9 Å². The molecule has 1 N–H and O–H groups in total. The van der Waals surface area contributed by atoms with Crippen molar-refractivity contribution >= 4 is 11.7 Å². The molecular formula is C14H19N3O. The van der Waals surface area contributed by atoms with Crippen molar-refractivity contribution in [3.63, 3.8) is 0 Å². The van der Waals surface area contributed by atoms with Gasteiger partial charge in [0.2, 0.25) is 0 Å². The van der Waals surface area contributed by atoms with E-state index in [1.165, 1.54) is 5.56 Å². The van der Waals surface area contributed by atoms with Gasteiger partial charge < -0.3 is 10.2 Å². The van der Waals surface area contributed by atoms with Gasteiger partial charge in [-0.2, -0.15) is 0 Å². The lowest BCUT2D eigenvalue weighted by atomic mass is 10.1. The van der Waals surface area contributed by atoms with Crippen molar-refractivity contribution < 1.29 is 4.79 Å². The predicted octanol–water partition coefficient (Wildman–Crippen LogP) is 1.46. The summed E-state index contributed by atoms with van der Waals surface area (Å²) in [5.41, 5.74) is 2.33. The maximum atomic E-state index is 12.4. The molecule has 2 amide bonds. The van der Waals surface area contributed by atoms with E-state index >= 15 is 0 Å². The van der Waals surface area contributed by atoms with Crippen LogP contribution in [0.5, 0.6) is 0 Å². The molecule has 3 rings (SSSR count). The van der Waals surface area contributed by atoms with Gasteiger partial charge in [-0.25, -0.2) is 4.79 Å². The van der Waals surface area contributed by atoms with Crippen molar-refractivity contribution in [2.75, 3.05) is 31.1 Å². The Kier molecular flexibility index (Phi) is 2.96. The van der Waals surface area contributed by atoms with Crippen molar-refractivity contribution in [2.45, 2.75) is 19.4 Å². The molecule has 0 radical (unpaired) electrons. The first-order valence-electron chi connectivity index (χ1n) is 6.68. The van der Waals surface area contributed by atoms with E-state index in [4.69, 9.17) is 0 Å². The fourth-order valence-electron chi connectivity index (χ4n) is 2.89. The first kappa shape index (κ1) is 11.5. The average Bonchev–Trinajstić information content (AvgIpc) is 2.76. The van der Waals surface area contributed by atoms with E-state index in [-0.39, 0.29) is 6.03 Å². The first-order chi connectivity index (χ1) is 8.81. The molecule has 2 aliphatic rings. The number of urea groups is 1. The Morgan fingerprint density at radius 1 is 1.39 bits per heavy atom. The number of fused-ring (bicyclic) bond motifs is 1. The molecule has 0 saturated carbocycles. The Morgan fingerprint density at radius 2 is 2.22 bits per heavy atom. The summed E-state index contributed by atoms with van der Waals surface area (Å²) >= 11 is 0. The van der Waals surface area contributed by atoms with Crippen LogP contribution >= 0.6 is 0 Å². The smallest absolute Gasteiger partial charge is 0.317 e. The second kappa shape index (κ2) is 4.61. The Morgan fingerprint density at radius 3 is 3.00 bits per heavy atom. The number of hydrogen-bond donors (Lipinski definition) is 1. The van der Waals surface area contributed by atoms with Gasteiger partial charge in [0.1, 0.15) is 0 Å². The van der Waals surface area contributed by atoms with Gasteiger partial charge in [0.05, 0.1) is 6.04 Å². The van der Waals surface area contributed by atoms with Crippen LogP contribution in [-0.2, 0) is 6.42 Å². The highest BCUT2D eigenvalue weighted by Crippen LogP contribution is 2.27. The molecule has 1 aromatic carbocycles. The number of nitrogens with zero attached hydrogens (tertiary/aromatic N) is 2. The molecule has 96 valence electrons. The van der Waals surface area contributed by atoms with Gasteiger partial charge in [0.25, 0.3) is 0 Å². The Bertz CT molecular complexity index is 460. The van der Waals surface area contributed by atoms with E-state index < -0.39 is 0 Å². The SMILES string of the molecule is CCc1ccccc1N1CC2CNCCN2C1=O. The third-order valence-electron chi connectivity index (χ3n) is 3.88. The summed E-state index contributed by atoms with van der Waals surface area (Å²) in [5.74, 6) is 0. The zero-order valence-electron chi connectivity index (χ0n) is 10.7. The lowest BCUT2D eigenvalue weighted by molar-refractivity contribution is 0.193. The number of carbonyl (C=O) groups is 1. The van der Waals surface area contributed by atoms with Crippen LogP contribution in [0.15, 0.2) is 24.3 Å². The van der Waals surface area contributed by atoms with Gasteiger partial charge in [-0.3, -0.25) is 4.90 Å². The van der Waals surface area contributed by atoms with Crippen LogP contribution in [0.25, 0.3) is 0 Å². The molecule has 4 heteroatoms. The number of amides is 2. The van der Waals surface area contributed by atoms with Crippen LogP contribution in [0.4, 0.5) is 10.5 Å². The van der Waals surface area contributed by atoms with Crippen molar-refractivity contribution in [2.24, 2.45) is 0 Å². The number of benzene rings is 1. The zero-order valence-corrected chi connectivity index (χ0v) is 10.7. The standard InChI is InChI=1S/C14H19N3O/c1-2-11-5-3-4-6-13(11)17-10-12-9-15-7-8-16(12)14(17)18/h3-6,12,15H,2,7-10H2,1H3. The lowest BCUT2D eigenvalue weighted by Gasteiger charge is -2.28. The number of rotatable bonds is 2. The topological polar surface area (TPSA) is 35.6 Å². The lowest BCUT2D eigenvalue weighted by Crippen LogP contribution is -2.49. The van der Waals surface area contributed by atoms with Crippen LogP contribution in [0.3, 0.4) is 0 Å². The third kappa shape index (κ3) is 1.77. The molecule has 2 fully saturated rings. The van der Waals surface area contributed by atoms with Crippen LogP contribution in [-0.4, -0.2) is 43.2 Å². The molecule has 2 saturated heterocycles. The summed E-state index contributed by atoms with van der Waals surface area (Å²) < 4.78 is 0. The highest BCUT2D eigenvalue weighted by atomic mass is 16.2. The second-order valence-electron chi connectivity index (χ2n) is 4.93. The highest BCUT2D eigenvalue weighted by Gasteiger charge is 2.39. The molecule has 2 aliphatic heterocycles. The molecule has 1 aromatic rings. The number of nitrogens with one attached hydrogen (secondary N) is 1. The van der Waals surface area contributed by atoms with Crippen molar-refractivity contribution in [1.29, 1.82) is 0 Å².